The molecule has 0 spiro atoms. The number of nitrogens with one attached hydrogen (secondary N) is 2. The molecule has 0 aliphatic heterocycles. The van der Waals surface area contributed by atoms with Crippen molar-refractivity contribution >= 4 is 22.8 Å². The number of benzene rings is 3. The highest BCUT2D eigenvalue weighted by atomic mass is 16.5. The van der Waals surface area contributed by atoms with Crippen molar-refractivity contribution in [2.45, 2.75) is 13.2 Å². The van der Waals surface area contributed by atoms with Crippen molar-refractivity contribution in [3.8, 4) is 17.0 Å². The summed E-state index contributed by atoms with van der Waals surface area (Å²) in [4.78, 5) is 17.3. The first kappa shape index (κ1) is 21.3. The Labute approximate surface area is 196 Å². The molecule has 170 valence electrons. The van der Waals surface area contributed by atoms with Crippen molar-refractivity contribution in [2.24, 2.45) is 0 Å². The Morgan fingerprint density at radius 1 is 0.912 bits per heavy atom. The number of phenolic OH excluding ortho intramolecular Hbond substituents is 1. The van der Waals surface area contributed by atoms with Gasteiger partial charge in [-0.2, -0.15) is 10.3 Å². The van der Waals surface area contributed by atoms with Gasteiger partial charge < -0.3 is 15.2 Å². The predicted molar refractivity (Wildman–Crippen MR) is 130 cm³/mol. The van der Waals surface area contributed by atoms with E-state index in [-0.39, 0.29) is 12.7 Å². The normalized spacial score (nSPS) is 10.9. The van der Waals surface area contributed by atoms with Gasteiger partial charge in [-0.3, -0.25) is 4.79 Å². The quantitative estimate of drug-likeness (QED) is 0.322. The van der Waals surface area contributed by atoms with E-state index in [2.05, 4.69) is 25.7 Å². The number of fused-ring (bicyclic) bond motifs is 1. The summed E-state index contributed by atoms with van der Waals surface area (Å²) in [5, 5.41) is 23.6. The molecule has 5 rings (SSSR count). The van der Waals surface area contributed by atoms with Gasteiger partial charge in [-0.05, 0) is 53.6 Å². The second kappa shape index (κ2) is 9.51. The molecule has 3 N–H and O–H groups in total. The van der Waals surface area contributed by atoms with Crippen LogP contribution in [-0.4, -0.2) is 31.4 Å². The summed E-state index contributed by atoms with van der Waals surface area (Å²) in [7, 11) is 0. The molecule has 0 aliphatic rings. The first-order chi connectivity index (χ1) is 16.7. The average Bonchev–Trinajstić information content (AvgIpc) is 3.34. The van der Waals surface area contributed by atoms with Gasteiger partial charge in [-0.25, -0.2) is 4.98 Å². The molecule has 0 unspecified atom stereocenters. The number of pyridine rings is 1. The summed E-state index contributed by atoms with van der Waals surface area (Å²) in [6.45, 7) is 1.00. The number of ether oxygens (including phenoxy) is 1. The summed E-state index contributed by atoms with van der Waals surface area (Å²) in [5.41, 5.74) is 5.30. The van der Waals surface area contributed by atoms with Crippen LogP contribution >= 0.6 is 0 Å². The number of anilines is 1. The van der Waals surface area contributed by atoms with E-state index in [0.29, 0.717) is 41.3 Å². The van der Waals surface area contributed by atoms with Gasteiger partial charge in [0.25, 0.3) is 5.91 Å². The molecule has 1 amide bonds. The van der Waals surface area contributed by atoms with Crippen molar-refractivity contribution in [1.29, 1.82) is 0 Å². The fourth-order valence-corrected chi connectivity index (χ4v) is 3.52. The van der Waals surface area contributed by atoms with Gasteiger partial charge in [0.2, 0.25) is 5.65 Å². The molecule has 0 radical (unpaired) electrons. The van der Waals surface area contributed by atoms with Crippen LogP contribution in [0.1, 0.15) is 22.9 Å². The zero-order chi connectivity index (χ0) is 23.3. The van der Waals surface area contributed by atoms with E-state index in [1.807, 2.05) is 42.5 Å². The SMILES string of the molecule is O=C(Nc1ccc(COCc2ccccc2)cc1)c1cc(-c2ccc3n[nH]nc3n2)ccc1O.[HH]. The molecule has 3 aromatic carbocycles. The number of hydrogen-bond donors (Lipinski definition) is 3. The highest BCUT2D eigenvalue weighted by molar-refractivity contribution is 6.06. The summed E-state index contributed by atoms with van der Waals surface area (Å²) < 4.78 is 5.75. The highest BCUT2D eigenvalue weighted by Crippen LogP contribution is 2.26. The molecule has 2 heterocycles. The molecule has 0 bridgehead atoms. The third-order valence-corrected chi connectivity index (χ3v) is 5.31. The number of nitrogens with zero attached hydrogens (tertiary/aromatic N) is 3. The lowest BCUT2D eigenvalue weighted by Crippen LogP contribution is -2.12. The highest BCUT2D eigenvalue weighted by Gasteiger charge is 2.14. The maximum Gasteiger partial charge on any atom is 0.259 e. The van der Waals surface area contributed by atoms with Crippen LogP contribution in [-0.2, 0) is 18.0 Å². The van der Waals surface area contributed by atoms with Crippen LogP contribution in [0.15, 0.2) is 84.9 Å². The largest absolute Gasteiger partial charge is 0.507 e. The number of carbonyl (C=O) groups excluding carboxylic acids is 1. The van der Waals surface area contributed by atoms with Crippen molar-refractivity contribution in [3.63, 3.8) is 0 Å². The monoisotopic (exact) mass is 453 g/mol. The molecule has 34 heavy (non-hydrogen) atoms. The Hall–Kier alpha value is -4.56. The smallest absolute Gasteiger partial charge is 0.259 e. The Morgan fingerprint density at radius 2 is 1.68 bits per heavy atom. The minimum absolute atomic E-state index is 0. The molecule has 0 atom stereocenters. The molecule has 0 fully saturated rings. The number of phenols is 1. The molecule has 8 nitrogen and oxygen atoms in total. The van der Waals surface area contributed by atoms with E-state index < -0.39 is 5.91 Å². The van der Waals surface area contributed by atoms with Crippen LogP contribution in [0, 0.1) is 0 Å². The third kappa shape index (κ3) is 4.77. The summed E-state index contributed by atoms with van der Waals surface area (Å²) >= 11 is 0. The van der Waals surface area contributed by atoms with Crippen LogP contribution in [0.5, 0.6) is 5.75 Å². The second-order valence-corrected chi connectivity index (χ2v) is 7.72. The Balaban J connectivity index is 0.00000289. The lowest BCUT2D eigenvalue weighted by Gasteiger charge is -2.10. The number of aromatic amines is 1. The number of H-pyrrole nitrogens is 1. The second-order valence-electron chi connectivity index (χ2n) is 7.72. The van der Waals surface area contributed by atoms with Crippen molar-refractivity contribution in [3.05, 3.63) is 102 Å². The van der Waals surface area contributed by atoms with E-state index >= 15 is 0 Å². The number of hydrogen-bond acceptors (Lipinski definition) is 6. The van der Waals surface area contributed by atoms with Gasteiger partial charge in [0, 0.05) is 12.7 Å². The average molecular weight is 454 g/mol. The van der Waals surface area contributed by atoms with Crippen molar-refractivity contribution in [1.82, 2.24) is 20.4 Å². The summed E-state index contributed by atoms with van der Waals surface area (Å²) in [6, 6.07) is 25.7. The molecule has 0 saturated carbocycles. The minimum Gasteiger partial charge on any atom is -0.507 e. The van der Waals surface area contributed by atoms with Gasteiger partial charge in [-0.1, -0.05) is 42.5 Å². The van der Waals surface area contributed by atoms with E-state index in [9.17, 15) is 9.90 Å². The topological polar surface area (TPSA) is 113 Å². The molecule has 5 aromatic rings. The van der Waals surface area contributed by atoms with Gasteiger partial charge in [0.1, 0.15) is 11.3 Å². The van der Waals surface area contributed by atoms with Gasteiger partial charge in [0.05, 0.1) is 24.5 Å². The number of aromatic nitrogens is 4. The number of rotatable bonds is 7. The maximum absolute atomic E-state index is 12.9. The van der Waals surface area contributed by atoms with Crippen LogP contribution < -0.4 is 5.32 Å². The Bertz CT molecular complexity index is 1440. The Morgan fingerprint density at radius 3 is 2.47 bits per heavy atom. The van der Waals surface area contributed by atoms with Gasteiger partial charge in [-0.15, -0.1) is 5.10 Å². The third-order valence-electron chi connectivity index (χ3n) is 5.31. The predicted octanol–water partition coefficient (Wildman–Crippen LogP) is 4.94. The molecule has 8 heteroatoms. The fourth-order valence-electron chi connectivity index (χ4n) is 3.52. The van der Waals surface area contributed by atoms with E-state index in [0.717, 1.165) is 11.1 Å². The summed E-state index contributed by atoms with van der Waals surface area (Å²) in [5.74, 6) is -0.537. The van der Waals surface area contributed by atoms with Gasteiger partial charge >= 0.3 is 0 Å². The van der Waals surface area contributed by atoms with Crippen molar-refractivity contribution in [2.75, 3.05) is 5.32 Å². The Kier molecular flexibility index (Phi) is 5.96. The van der Waals surface area contributed by atoms with Gasteiger partial charge in [0.15, 0.2) is 0 Å². The van der Waals surface area contributed by atoms with E-state index in [1.165, 1.54) is 6.07 Å². The zero-order valence-electron chi connectivity index (χ0n) is 18.1. The standard InChI is InChI=1S/C26H21N5O3.H2/c32-24-13-8-19(22-11-12-23-25(28-22)30-31-29-23)14-21(24)26(33)27-20-9-6-18(7-10-20)16-34-15-17-4-2-1-3-5-17;/h1-14,32H,15-16H2,(H,27,33)(H,28,29,30,31);1H. The fraction of sp³-hybridized carbons (Fsp3) is 0.0769. The lowest BCUT2D eigenvalue weighted by atomic mass is 10.1. The molecule has 2 aromatic heterocycles. The summed E-state index contributed by atoms with van der Waals surface area (Å²) in [6.07, 6.45) is 0. The van der Waals surface area contributed by atoms with Crippen molar-refractivity contribution < 1.29 is 16.1 Å². The zero-order valence-corrected chi connectivity index (χ0v) is 18.1. The van der Waals surface area contributed by atoms with Crippen LogP contribution in [0.2, 0.25) is 0 Å². The number of amides is 1. The first-order valence-electron chi connectivity index (χ1n) is 10.7. The van der Waals surface area contributed by atoms with E-state index in [4.69, 9.17) is 4.74 Å². The maximum atomic E-state index is 12.9. The van der Waals surface area contributed by atoms with Crippen LogP contribution in [0.3, 0.4) is 0 Å². The lowest BCUT2D eigenvalue weighted by molar-refractivity contribution is 0.102. The number of aromatic hydroxyl groups is 1. The van der Waals surface area contributed by atoms with E-state index in [1.54, 1.807) is 36.4 Å². The molecule has 0 aliphatic carbocycles. The van der Waals surface area contributed by atoms with Crippen LogP contribution in [0.4, 0.5) is 5.69 Å². The molecular weight excluding hydrogens is 430 g/mol. The minimum atomic E-state index is -0.421. The number of carbonyl (C=O) groups is 1. The molecular formula is C26H23N5O3. The van der Waals surface area contributed by atoms with Crippen LogP contribution in [0.25, 0.3) is 22.4 Å². The molecule has 0 saturated heterocycles. The first-order valence-corrected chi connectivity index (χ1v) is 10.7.